The average Bonchev–Trinajstić information content (AvgIpc) is 3.16. The van der Waals surface area contributed by atoms with Gasteiger partial charge in [0.25, 0.3) is 0 Å². The summed E-state index contributed by atoms with van der Waals surface area (Å²) in [6.07, 6.45) is 10.6. The molecule has 1 fully saturated rings. The summed E-state index contributed by atoms with van der Waals surface area (Å²) in [5.74, 6) is -0.286. The van der Waals surface area contributed by atoms with E-state index in [-0.39, 0.29) is 12.8 Å². The maximum atomic E-state index is 12.9. The van der Waals surface area contributed by atoms with Crippen LogP contribution in [0.25, 0.3) is 0 Å². The third-order valence-corrected chi connectivity index (χ3v) is 11.8. The molecule has 0 radical (unpaired) electrons. The van der Waals surface area contributed by atoms with Gasteiger partial charge in [-0.05, 0) is 25.0 Å². The topological polar surface area (TPSA) is 256 Å². The molecule has 0 aromatic carbocycles. The number of phosphoric ester groups is 2. The lowest BCUT2D eigenvalue weighted by molar-refractivity contribution is -0.216. The van der Waals surface area contributed by atoms with E-state index in [1.165, 1.54) is 77.0 Å². The first-order valence-corrected chi connectivity index (χ1v) is 24.9. The van der Waals surface area contributed by atoms with Gasteiger partial charge in [-0.2, -0.15) is 12.6 Å². The second-order valence-electron chi connectivity index (χ2n) is 15.2. The summed E-state index contributed by atoms with van der Waals surface area (Å²) >= 11 is 4.23. The van der Waals surface area contributed by atoms with Crippen LogP contribution in [0.15, 0.2) is 0 Å². The van der Waals surface area contributed by atoms with E-state index in [0.29, 0.717) is 12.8 Å². The van der Waals surface area contributed by atoms with Crippen molar-refractivity contribution < 1.29 is 76.9 Å². The zero-order valence-electron chi connectivity index (χ0n) is 34.0. The van der Waals surface area contributed by atoms with Crippen LogP contribution < -0.4 is 0 Å². The maximum Gasteiger partial charge on any atom is 0.472 e. The van der Waals surface area contributed by atoms with Gasteiger partial charge in [0, 0.05) is 12.8 Å². The summed E-state index contributed by atoms with van der Waals surface area (Å²) in [4.78, 5) is 54.0. The minimum Gasteiger partial charge on any atom is -0.462 e. The van der Waals surface area contributed by atoms with E-state index in [2.05, 4.69) is 24.1 Å². The van der Waals surface area contributed by atoms with Crippen molar-refractivity contribution in [2.45, 2.75) is 210 Å². The normalized spacial score (nSPS) is 22.9. The summed E-state index contributed by atoms with van der Waals surface area (Å²) in [7, 11) is -10.6. The van der Waals surface area contributed by atoms with Gasteiger partial charge in [-0.25, -0.2) is 9.13 Å². The van der Waals surface area contributed by atoms with E-state index in [0.717, 1.165) is 63.5 Å². The Hall–Kier alpha value is -0.650. The van der Waals surface area contributed by atoms with Crippen LogP contribution in [0.1, 0.15) is 167 Å². The van der Waals surface area contributed by atoms with Crippen LogP contribution in [0.2, 0.25) is 0 Å². The van der Waals surface area contributed by atoms with Gasteiger partial charge in [0.15, 0.2) is 6.10 Å². The molecule has 7 N–H and O–H groups in total. The van der Waals surface area contributed by atoms with E-state index >= 15 is 0 Å². The van der Waals surface area contributed by atoms with Crippen LogP contribution in [0, 0.1) is 0 Å². The number of aliphatic hydroxyl groups excluding tert-OH is 4. The summed E-state index contributed by atoms with van der Waals surface area (Å²) < 4.78 is 49.2. The minimum absolute atomic E-state index is 0.0484. The van der Waals surface area contributed by atoms with Gasteiger partial charge in [0.1, 0.15) is 43.2 Å². The number of carbonyl (C=O) groups is 2. The van der Waals surface area contributed by atoms with E-state index < -0.39 is 83.5 Å². The van der Waals surface area contributed by atoms with Crippen LogP contribution in [0.5, 0.6) is 0 Å². The van der Waals surface area contributed by atoms with Crippen LogP contribution in [0.3, 0.4) is 0 Å². The zero-order chi connectivity index (χ0) is 42.5. The van der Waals surface area contributed by atoms with Gasteiger partial charge in [0.05, 0.1) is 6.61 Å². The van der Waals surface area contributed by atoms with E-state index in [1.54, 1.807) is 0 Å². The molecule has 4 unspecified atom stereocenters. The first-order chi connectivity index (χ1) is 27.1. The molecular weight excluding hydrogens is 806 g/mol. The number of rotatable bonds is 36. The predicted octanol–water partition coefficient (Wildman–Crippen LogP) is 6.58. The summed E-state index contributed by atoms with van der Waals surface area (Å²) in [6, 6.07) is 0. The molecule has 1 rings (SSSR count). The number of ether oxygens (including phenoxy) is 2. The molecule has 0 amide bonds. The highest BCUT2D eigenvalue weighted by atomic mass is 32.1. The third-order valence-electron chi connectivity index (χ3n) is 9.99. The molecule has 0 aromatic rings. The number of hydrogen-bond donors (Lipinski definition) is 8. The van der Waals surface area contributed by atoms with Crippen molar-refractivity contribution in [3.8, 4) is 0 Å². The SMILES string of the molecule is CCCCCCCCCCCCCCCC(=O)O[C@H](COC(=O)CCCCCCCCCCCCS)COP(=O)(O)OC1C(O)[C@H](OP(=O)(O)O)C(O)[C@H](O)[C@@H]1O. The van der Waals surface area contributed by atoms with Crippen molar-refractivity contribution >= 4 is 40.2 Å². The van der Waals surface area contributed by atoms with Crippen molar-refractivity contribution in [3.05, 3.63) is 0 Å². The Balaban J connectivity index is 2.64. The Kier molecular flexibility index (Phi) is 30.6. The van der Waals surface area contributed by atoms with Crippen molar-refractivity contribution in [1.82, 2.24) is 0 Å². The van der Waals surface area contributed by atoms with Gasteiger partial charge in [0.2, 0.25) is 0 Å². The molecule has 1 aliphatic carbocycles. The Labute approximate surface area is 345 Å². The second-order valence-corrected chi connectivity index (χ2v) is 18.2. The second kappa shape index (κ2) is 32.1. The summed E-state index contributed by atoms with van der Waals surface area (Å²) in [5.41, 5.74) is 0. The summed E-state index contributed by atoms with van der Waals surface area (Å²) in [5, 5.41) is 41.1. The van der Waals surface area contributed by atoms with E-state index in [1.807, 2.05) is 0 Å². The largest absolute Gasteiger partial charge is 0.472 e. The molecule has 0 spiro atoms. The fourth-order valence-corrected chi connectivity index (χ4v) is 8.42. The van der Waals surface area contributed by atoms with Crippen LogP contribution in [0.4, 0.5) is 0 Å². The van der Waals surface area contributed by atoms with Gasteiger partial charge in [-0.15, -0.1) is 0 Å². The molecule has 19 heteroatoms. The first-order valence-electron chi connectivity index (χ1n) is 21.2. The van der Waals surface area contributed by atoms with Crippen LogP contribution in [-0.2, 0) is 41.8 Å². The zero-order valence-corrected chi connectivity index (χ0v) is 36.7. The van der Waals surface area contributed by atoms with E-state index in [4.69, 9.17) is 28.3 Å². The number of unbranched alkanes of at least 4 members (excludes halogenated alkanes) is 21. The fraction of sp³-hybridized carbons (Fsp3) is 0.947. The van der Waals surface area contributed by atoms with Crippen LogP contribution >= 0.6 is 28.3 Å². The molecule has 0 saturated heterocycles. The molecule has 57 heavy (non-hydrogen) atoms. The standard InChI is InChI=1S/C38H74O16P2S/c1-2-3-4-5-6-7-8-9-10-14-17-20-23-26-32(40)52-30(28-50-31(39)25-22-19-16-13-11-12-15-18-21-24-27-57)29-51-56(48,49)54-38-35(43)33(41)34(42)37(36(38)44)53-55(45,46)47/h30,33-38,41-44,57H,2-29H2,1H3,(H,48,49)(H2,45,46,47)/t30-,33+,34?,35+,36?,37-,38?/m1/s1. The number of hydrogen-bond acceptors (Lipinski definition) is 14. The van der Waals surface area contributed by atoms with Gasteiger partial charge < -0.3 is 44.6 Å². The monoisotopic (exact) mass is 880 g/mol. The highest BCUT2D eigenvalue weighted by Gasteiger charge is 2.54. The average molecular weight is 881 g/mol. The third kappa shape index (κ3) is 27.0. The van der Waals surface area contributed by atoms with Gasteiger partial charge in [-0.1, -0.05) is 135 Å². The Morgan fingerprint density at radius 1 is 0.544 bits per heavy atom. The highest BCUT2D eigenvalue weighted by Crippen LogP contribution is 2.49. The molecule has 1 aliphatic rings. The van der Waals surface area contributed by atoms with Crippen molar-refractivity contribution in [2.24, 2.45) is 0 Å². The number of carbonyl (C=O) groups excluding carboxylic acids is 2. The maximum absolute atomic E-state index is 12.9. The molecule has 16 nitrogen and oxygen atoms in total. The fourth-order valence-electron chi connectivity index (χ4n) is 6.65. The lowest BCUT2D eigenvalue weighted by Crippen LogP contribution is -2.64. The molecule has 0 aliphatic heterocycles. The lowest BCUT2D eigenvalue weighted by atomic mass is 9.85. The Bertz CT molecular complexity index is 1150. The molecule has 338 valence electrons. The minimum atomic E-state index is -5.35. The number of phosphoric acid groups is 2. The molecule has 8 atom stereocenters. The Morgan fingerprint density at radius 2 is 0.947 bits per heavy atom. The van der Waals surface area contributed by atoms with Crippen molar-refractivity contribution in [2.75, 3.05) is 19.0 Å². The van der Waals surface area contributed by atoms with E-state index in [9.17, 15) is 44.0 Å². The van der Waals surface area contributed by atoms with Gasteiger partial charge in [-0.3, -0.25) is 23.2 Å². The smallest absolute Gasteiger partial charge is 0.462 e. The molecule has 0 bridgehead atoms. The quantitative estimate of drug-likeness (QED) is 0.0143. The van der Waals surface area contributed by atoms with Crippen molar-refractivity contribution in [3.63, 3.8) is 0 Å². The molecule has 0 aromatic heterocycles. The predicted molar refractivity (Wildman–Crippen MR) is 217 cm³/mol. The highest BCUT2D eigenvalue weighted by molar-refractivity contribution is 7.80. The molecule has 0 heterocycles. The molecular formula is C38H74O16P2S. The van der Waals surface area contributed by atoms with Gasteiger partial charge >= 0.3 is 27.6 Å². The summed E-state index contributed by atoms with van der Waals surface area (Å²) in [6.45, 7) is 0.878. The number of thiol groups is 1. The number of aliphatic hydroxyl groups is 4. The van der Waals surface area contributed by atoms with Crippen molar-refractivity contribution in [1.29, 1.82) is 0 Å². The first kappa shape index (κ1) is 54.4. The number of esters is 2. The Morgan fingerprint density at radius 3 is 1.39 bits per heavy atom. The lowest BCUT2D eigenvalue weighted by Gasteiger charge is -2.43. The van der Waals surface area contributed by atoms with Crippen LogP contribution in [-0.4, -0.2) is 109 Å². The molecule has 1 saturated carbocycles.